The molecule has 0 spiro atoms. The van der Waals surface area contributed by atoms with Crippen LogP contribution >= 0.6 is 0 Å². The molecule has 0 bridgehead atoms. The second-order valence-electron chi connectivity index (χ2n) is 17.7. The van der Waals surface area contributed by atoms with E-state index < -0.39 is 0 Å². The summed E-state index contributed by atoms with van der Waals surface area (Å²) in [6.07, 6.45) is 0. The Kier molecular flexibility index (Phi) is 10.1. The first kappa shape index (κ1) is 40.9. The van der Waals surface area contributed by atoms with Gasteiger partial charge >= 0.3 is 0 Å². The largest absolute Gasteiger partial charge is 0.455 e. The average Bonchev–Trinajstić information content (AvgIpc) is 3.98. The van der Waals surface area contributed by atoms with E-state index in [0.717, 1.165) is 106 Å². The molecule has 13 rings (SSSR count). The third-order valence-corrected chi connectivity index (χ3v) is 13.6. The zero-order valence-corrected chi connectivity index (χ0v) is 38.2. The lowest BCUT2D eigenvalue weighted by molar-refractivity contribution is 0.670. The lowest BCUT2D eigenvalue weighted by Gasteiger charge is -2.25. The number of hydrogen-bond acceptors (Lipinski definition) is 3. The maximum atomic E-state index is 6.46. The van der Waals surface area contributed by atoms with Gasteiger partial charge in [0.1, 0.15) is 11.2 Å². The minimum absolute atomic E-state index is 0.903. The molecular weight excluding hydrogens is 851 g/mol. The van der Waals surface area contributed by atoms with Gasteiger partial charge in [-0.2, -0.15) is 0 Å². The Morgan fingerprint density at radius 2 is 0.657 bits per heavy atom. The second-order valence-corrected chi connectivity index (χ2v) is 17.7. The number of anilines is 6. The topological polar surface area (TPSA) is 24.6 Å². The quantitative estimate of drug-likeness (QED) is 0.137. The standard InChI is InChI=1S/C66H45N3O/c1-5-16-51(17-6-1)67(52-18-7-2-8-19-52)55-36-28-46(29-37-55)49-34-42-63-61(44-49)62-45-50(47-30-38-56(39-31-47)68(53-20-9-3-10-21-53)54-22-11-4-12-23-54)35-43-64(62)69(63)57-40-32-48(33-41-57)58-25-15-26-60-59-24-13-14-27-65(59)70-66(58)60/h1-45H. The molecule has 13 aromatic rings. The van der Waals surface area contributed by atoms with E-state index in [4.69, 9.17) is 4.42 Å². The van der Waals surface area contributed by atoms with Gasteiger partial charge in [-0.1, -0.05) is 158 Å². The van der Waals surface area contributed by atoms with Crippen molar-refractivity contribution in [2.45, 2.75) is 0 Å². The summed E-state index contributed by atoms with van der Waals surface area (Å²) in [5, 5.41) is 4.65. The predicted octanol–water partition coefficient (Wildman–Crippen LogP) is 18.6. The van der Waals surface area contributed by atoms with Crippen molar-refractivity contribution in [2.75, 3.05) is 9.80 Å². The monoisotopic (exact) mass is 895 g/mol. The summed E-state index contributed by atoms with van der Waals surface area (Å²) in [7, 11) is 0. The first-order valence-electron chi connectivity index (χ1n) is 23.8. The number of hydrogen-bond donors (Lipinski definition) is 0. The van der Waals surface area contributed by atoms with Crippen molar-refractivity contribution in [3.05, 3.63) is 273 Å². The Balaban J connectivity index is 0.915. The first-order chi connectivity index (χ1) is 34.7. The van der Waals surface area contributed by atoms with Crippen LogP contribution in [0.15, 0.2) is 277 Å². The Hall–Kier alpha value is -9.38. The average molecular weight is 896 g/mol. The molecule has 2 aromatic heterocycles. The van der Waals surface area contributed by atoms with Crippen molar-refractivity contribution in [1.82, 2.24) is 4.57 Å². The normalized spacial score (nSPS) is 11.4. The van der Waals surface area contributed by atoms with Crippen molar-refractivity contribution in [3.8, 4) is 39.1 Å². The summed E-state index contributed by atoms with van der Waals surface area (Å²) in [6.45, 7) is 0. The van der Waals surface area contributed by atoms with Gasteiger partial charge in [-0.15, -0.1) is 0 Å². The SMILES string of the molecule is c1ccc(N(c2ccccc2)c2ccc(-c3ccc4c(c3)c3cc(-c5ccc(N(c6ccccc6)c6ccccc6)cc5)ccc3n4-c3ccc(-c4cccc5c4oc4ccccc45)cc3)cc2)cc1. The maximum Gasteiger partial charge on any atom is 0.143 e. The molecule has 0 aliphatic heterocycles. The van der Waals surface area contributed by atoms with E-state index in [1.807, 2.05) is 12.1 Å². The van der Waals surface area contributed by atoms with Gasteiger partial charge in [0.15, 0.2) is 0 Å². The minimum Gasteiger partial charge on any atom is -0.455 e. The molecule has 0 unspecified atom stereocenters. The van der Waals surface area contributed by atoms with Gasteiger partial charge in [-0.05, 0) is 143 Å². The molecule has 70 heavy (non-hydrogen) atoms. The van der Waals surface area contributed by atoms with Crippen LogP contribution in [-0.4, -0.2) is 4.57 Å². The molecule has 0 saturated heterocycles. The lowest BCUT2D eigenvalue weighted by atomic mass is 9.99. The molecule has 4 heteroatoms. The van der Waals surface area contributed by atoms with Gasteiger partial charge in [-0.3, -0.25) is 0 Å². The molecule has 330 valence electrons. The molecular formula is C66H45N3O. The highest BCUT2D eigenvalue weighted by Crippen LogP contribution is 2.42. The Morgan fingerprint density at radius 1 is 0.271 bits per heavy atom. The van der Waals surface area contributed by atoms with E-state index in [0.29, 0.717) is 0 Å². The van der Waals surface area contributed by atoms with Crippen molar-refractivity contribution in [2.24, 2.45) is 0 Å². The number of nitrogens with zero attached hydrogens (tertiary/aromatic N) is 3. The summed E-state index contributed by atoms with van der Waals surface area (Å²) in [5.41, 5.74) is 18.7. The molecule has 4 nitrogen and oxygen atoms in total. The van der Waals surface area contributed by atoms with E-state index in [2.05, 4.69) is 275 Å². The van der Waals surface area contributed by atoms with Crippen LogP contribution in [0, 0.1) is 0 Å². The van der Waals surface area contributed by atoms with Gasteiger partial charge in [0.05, 0.1) is 11.0 Å². The van der Waals surface area contributed by atoms with Gasteiger partial charge in [-0.25, -0.2) is 0 Å². The lowest BCUT2D eigenvalue weighted by Crippen LogP contribution is -2.09. The molecule has 0 saturated carbocycles. The fourth-order valence-corrected chi connectivity index (χ4v) is 10.2. The summed E-state index contributed by atoms with van der Waals surface area (Å²) < 4.78 is 8.87. The van der Waals surface area contributed by atoms with Gasteiger partial charge in [0.2, 0.25) is 0 Å². The molecule has 0 fully saturated rings. The smallest absolute Gasteiger partial charge is 0.143 e. The fraction of sp³-hybridized carbons (Fsp3) is 0. The molecule has 11 aromatic carbocycles. The summed E-state index contributed by atoms with van der Waals surface area (Å²) >= 11 is 0. The highest BCUT2D eigenvalue weighted by molar-refractivity contribution is 6.12. The van der Waals surface area contributed by atoms with Crippen LogP contribution in [0.2, 0.25) is 0 Å². The molecule has 0 aliphatic rings. The molecule has 0 aliphatic carbocycles. The molecule has 0 radical (unpaired) electrons. The van der Waals surface area contributed by atoms with Crippen molar-refractivity contribution >= 4 is 77.9 Å². The summed E-state index contributed by atoms with van der Waals surface area (Å²) in [5.74, 6) is 0. The Bertz CT molecular complexity index is 3690. The van der Waals surface area contributed by atoms with Crippen LogP contribution in [0.5, 0.6) is 0 Å². The number of para-hydroxylation sites is 6. The van der Waals surface area contributed by atoms with Crippen LogP contribution in [0.25, 0.3) is 82.8 Å². The predicted molar refractivity (Wildman–Crippen MR) is 294 cm³/mol. The van der Waals surface area contributed by atoms with Crippen molar-refractivity contribution in [1.29, 1.82) is 0 Å². The van der Waals surface area contributed by atoms with Crippen LogP contribution in [0.1, 0.15) is 0 Å². The first-order valence-corrected chi connectivity index (χ1v) is 23.8. The third kappa shape index (κ3) is 7.27. The molecule has 2 heterocycles. The van der Waals surface area contributed by atoms with E-state index in [1.165, 1.54) is 10.8 Å². The molecule has 0 atom stereocenters. The van der Waals surface area contributed by atoms with Crippen LogP contribution < -0.4 is 9.80 Å². The number of fused-ring (bicyclic) bond motifs is 6. The molecule has 0 N–H and O–H groups in total. The number of aromatic nitrogens is 1. The number of furan rings is 1. The van der Waals surface area contributed by atoms with Crippen LogP contribution in [-0.2, 0) is 0 Å². The maximum absolute atomic E-state index is 6.46. The van der Waals surface area contributed by atoms with E-state index >= 15 is 0 Å². The fourth-order valence-electron chi connectivity index (χ4n) is 10.2. The van der Waals surface area contributed by atoms with Gasteiger partial charge in [0, 0.05) is 66.9 Å². The minimum atomic E-state index is 0.903. The number of benzene rings is 11. The zero-order valence-electron chi connectivity index (χ0n) is 38.2. The summed E-state index contributed by atoms with van der Waals surface area (Å²) in [4.78, 5) is 4.61. The zero-order chi connectivity index (χ0) is 46.4. The summed E-state index contributed by atoms with van der Waals surface area (Å²) in [6, 6.07) is 97.7. The van der Waals surface area contributed by atoms with Crippen molar-refractivity contribution < 1.29 is 4.42 Å². The molecule has 0 amide bonds. The van der Waals surface area contributed by atoms with Crippen molar-refractivity contribution in [3.63, 3.8) is 0 Å². The van der Waals surface area contributed by atoms with Gasteiger partial charge < -0.3 is 18.8 Å². The van der Waals surface area contributed by atoms with E-state index in [9.17, 15) is 0 Å². The van der Waals surface area contributed by atoms with E-state index in [-0.39, 0.29) is 0 Å². The highest BCUT2D eigenvalue weighted by atomic mass is 16.3. The Labute approximate surface area is 406 Å². The highest BCUT2D eigenvalue weighted by Gasteiger charge is 2.19. The third-order valence-electron chi connectivity index (χ3n) is 13.6. The Morgan fingerprint density at radius 3 is 1.13 bits per heavy atom. The van der Waals surface area contributed by atoms with Crippen LogP contribution in [0.4, 0.5) is 34.1 Å². The van der Waals surface area contributed by atoms with Crippen LogP contribution in [0.3, 0.4) is 0 Å². The number of rotatable bonds is 10. The second kappa shape index (κ2) is 17.4. The van der Waals surface area contributed by atoms with Gasteiger partial charge in [0.25, 0.3) is 0 Å². The van der Waals surface area contributed by atoms with E-state index in [1.54, 1.807) is 0 Å².